The smallest absolute Gasteiger partial charge is 0.419 e. The number of carbonyl (C=O) groups is 1. The molecule has 0 unspecified atom stereocenters. The van der Waals surface area contributed by atoms with Gasteiger partial charge in [-0.1, -0.05) is 41.7 Å². The molecule has 0 spiro atoms. The number of aryl methyl sites for hydroxylation is 1. The first kappa shape index (κ1) is 24.7. The molecule has 0 aliphatic rings. The molecule has 1 aromatic heterocycles. The van der Waals surface area contributed by atoms with Crippen molar-refractivity contribution in [2.24, 2.45) is 5.73 Å². The number of aromatic nitrogens is 2. The van der Waals surface area contributed by atoms with Gasteiger partial charge in [0.15, 0.2) is 0 Å². The molecule has 6 nitrogen and oxygen atoms in total. The molecule has 33 heavy (non-hydrogen) atoms. The zero-order valence-electron chi connectivity index (χ0n) is 17.7. The van der Waals surface area contributed by atoms with E-state index in [0.29, 0.717) is 6.42 Å². The van der Waals surface area contributed by atoms with Crippen LogP contribution in [0, 0.1) is 0 Å². The van der Waals surface area contributed by atoms with Gasteiger partial charge in [-0.15, -0.1) is 10.2 Å². The van der Waals surface area contributed by atoms with Crippen LogP contribution in [0.1, 0.15) is 47.9 Å². The summed E-state index contributed by atoms with van der Waals surface area (Å²) >= 11 is 0.968. The molecule has 0 radical (unpaired) electrons. The minimum absolute atomic E-state index is 0.185. The molecule has 0 aliphatic carbocycles. The van der Waals surface area contributed by atoms with Crippen molar-refractivity contribution < 1.29 is 27.8 Å². The van der Waals surface area contributed by atoms with E-state index in [1.165, 1.54) is 17.7 Å². The van der Waals surface area contributed by atoms with Gasteiger partial charge in [0.25, 0.3) is 0 Å². The molecule has 0 aliphatic heterocycles. The molecule has 0 saturated carbocycles. The minimum Gasteiger partial charge on any atom is -0.493 e. The third-order valence-electron chi connectivity index (χ3n) is 4.89. The highest BCUT2D eigenvalue weighted by Crippen LogP contribution is 2.39. The number of carboxylic acid groups (broad SMARTS) is 1. The van der Waals surface area contributed by atoms with E-state index in [-0.39, 0.29) is 34.4 Å². The lowest BCUT2D eigenvalue weighted by atomic mass is 10.1. The van der Waals surface area contributed by atoms with E-state index in [1.54, 1.807) is 0 Å². The second kappa shape index (κ2) is 11.2. The average Bonchev–Trinajstić information content (AvgIpc) is 3.26. The number of hydrogen-bond donors (Lipinski definition) is 2. The maximum Gasteiger partial charge on any atom is 0.419 e. The molecule has 1 heterocycles. The summed E-state index contributed by atoms with van der Waals surface area (Å²) in [4.78, 5) is 10.8. The number of nitrogens with two attached hydrogens (primary N) is 1. The normalized spacial score (nSPS) is 12.5. The number of unbranched alkanes of at least 4 members (excludes halogenated alkanes) is 2. The third-order valence-corrected chi connectivity index (χ3v) is 6.00. The van der Waals surface area contributed by atoms with Gasteiger partial charge in [0.2, 0.25) is 0 Å². The van der Waals surface area contributed by atoms with Gasteiger partial charge in [0.1, 0.15) is 15.8 Å². The van der Waals surface area contributed by atoms with Gasteiger partial charge in [0, 0.05) is 5.56 Å². The fraction of sp³-hybridized carbons (Fsp3) is 0.348. The van der Waals surface area contributed by atoms with E-state index in [1.807, 2.05) is 18.2 Å². The van der Waals surface area contributed by atoms with Gasteiger partial charge < -0.3 is 15.6 Å². The van der Waals surface area contributed by atoms with Crippen molar-refractivity contribution in [3.63, 3.8) is 0 Å². The average molecular weight is 480 g/mol. The van der Waals surface area contributed by atoms with Crippen LogP contribution in [0.5, 0.6) is 5.75 Å². The summed E-state index contributed by atoms with van der Waals surface area (Å²) in [6, 6.07) is 12.9. The van der Waals surface area contributed by atoms with Crippen molar-refractivity contribution in [3.8, 4) is 16.3 Å². The summed E-state index contributed by atoms with van der Waals surface area (Å²) in [5, 5.41) is 17.0. The van der Waals surface area contributed by atoms with Gasteiger partial charge >= 0.3 is 12.1 Å². The number of hydrogen-bond acceptors (Lipinski definition) is 6. The Morgan fingerprint density at radius 1 is 1.09 bits per heavy atom. The molecule has 2 aromatic carbocycles. The third kappa shape index (κ3) is 7.26. The van der Waals surface area contributed by atoms with E-state index in [2.05, 4.69) is 22.3 Å². The Balaban J connectivity index is 1.61. The van der Waals surface area contributed by atoms with Crippen LogP contribution in [0.25, 0.3) is 10.6 Å². The number of ether oxygens (including phenoxy) is 1. The van der Waals surface area contributed by atoms with Gasteiger partial charge in [-0.05, 0) is 49.4 Å². The van der Waals surface area contributed by atoms with Crippen molar-refractivity contribution in [1.29, 1.82) is 0 Å². The van der Waals surface area contributed by atoms with Crippen LogP contribution in [0.3, 0.4) is 0 Å². The quantitative estimate of drug-likeness (QED) is 0.353. The second-order valence-electron chi connectivity index (χ2n) is 7.50. The van der Waals surface area contributed by atoms with Crippen molar-refractivity contribution in [2.45, 2.75) is 44.3 Å². The molecule has 10 heteroatoms. The first-order valence-electron chi connectivity index (χ1n) is 10.4. The van der Waals surface area contributed by atoms with Gasteiger partial charge in [-0.25, -0.2) is 0 Å². The number of benzene rings is 2. The number of alkyl halides is 3. The van der Waals surface area contributed by atoms with Crippen LogP contribution in [0.2, 0.25) is 0 Å². The van der Waals surface area contributed by atoms with Crippen LogP contribution < -0.4 is 10.5 Å². The fourth-order valence-corrected chi connectivity index (χ4v) is 4.06. The highest BCUT2D eigenvalue weighted by atomic mass is 32.1. The lowest BCUT2D eigenvalue weighted by Crippen LogP contribution is -2.14. The van der Waals surface area contributed by atoms with E-state index in [0.717, 1.165) is 36.7 Å². The highest BCUT2D eigenvalue weighted by molar-refractivity contribution is 7.14. The molecule has 1 atom stereocenters. The summed E-state index contributed by atoms with van der Waals surface area (Å²) in [5.41, 5.74) is 6.31. The van der Waals surface area contributed by atoms with Crippen molar-refractivity contribution in [2.75, 3.05) is 6.61 Å². The Morgan fingerprint density at radius 3 is 2.55 bits per heavy atom. The van der Waals surface area contributed by atoms with Gasteiger partial charge in [-0.2, -0.15) is 13.2 Å². The minimum atomic E-state index is -4.61. The number of halogens is 3. The summed E-state index contributed by atoms with van der Waals surface area (Å²) < 4.78 is 46.4. The number of aliphatic carboxylic acids is 1. The zero-order valence-corrected chi connectivity index (χ0v) is 18.5. The van der Waals surface area contributed by atoms with Crippen LogP contribution in [0.4, 0.5) is 13.2 Å². The van der Waals surface area contributed by atoms with Crippen molar-refractivity contribution in [3.05, 3.63) is 64.7 Å². The summed E-state index contributed by atoms with van der Waals surface area (Å²) in [6.45, 7) is 0.185. The standard InChI is InChI=1S/C23H24F3N3O3S/c24-23(25,26)17-13-16(21-28-29-22(33-21)18(27)14-20(30)31)10-11-19(17)32-12-6-2-5-9-15-7-3-1-4-8-15/h1,3-4,7-8,10-11,13,18H,2,5-6,9,12,14,27H2,(H,30,31)/t18-/m0/s1. The fourth-order valence-electron chi connectivity index (χ4n) is 3.22. The molecule has 0 fully saturated rings. The van der Waals surface area contributed by atoms with Crippen LogP contribution >= 0.6 is 11.3 Å². The highest BCUT2D eigenvalue weighted by Gasteiger charge is 2.35. The van der Waals surface area contributed by atoms with Crippen LogP contribution in [-0.2, 0) is 17.4 Å². The Labute approximate surface area is 193 Å². The van der Waals surface area contributed by atoms with Crippen LogP contribution in [-0.4, -0.2) is 27.9 Å². The molecule has 0 amide bonds. The SMILES string of the molecule is N[C@@H](CC(=O)O)c1nnc(-c2ccc(OCCCCCc3ccccc3)c(C(F)(F)F)c2)s1. The molecule has 3 rings (SSSR count). The predicted octanol–water partition coefficient (Wildman–Crippen LogP) is 5.49. The predicted molar refractivity (Wildman–Crippen MR) is 119 cm³/mol. The topological polar surface area (TPSA) is 98.3 Å². The summed E-state index contributed by atoms with van der Waals surface area (Å²) in [5.74, 6) is -1.33. The van der Waals surface area contributed by atoms with Crippen LogP contribution in [0.15, 0.2) is 48.5 Å². The Hall–Kier alpha value is -2.98. The number of rotatable bonds is 11. The molecule has 3 N–H and O–H groups in total. The van der Waals surface area contributed by atoms with Crippen molar-refractivity contribution in [1.82, 2.24) is 10.2 Å². The monoisotopic (exact) mass is 479 g/mol. The molecule has 0 bridgehead atoms. The van der Waals surface area contributed by atoms with Crippen molar-refractivity contribution >= 4 is 17.3 Å². The molecule has 3 aromatic rings. The van der Waals surface area contributed by atoms with Gasteiger partial charge in [-0.3, -0.25) is 4.79 Å². The molecule has 0 saturated heterocycles. The summed E-state index contributed by atoms with van der Waals surface area (Å²) in [7, 11) is 0. The Morgan fingerprint density at radius 2 is 1.85 bits per heavy atom. The first-order chi connectivity index (χ1) is 15.7. The number of nitrogens with zero attached hydrogens (tertiary/aromatic N) is 2. The van der Waals surface area contributed by atoms with E-state index in [4.69, 9.17) is 15.6 Å². The maximum absolute atomic E-state index is 13.6. The lowest BCUT2D eigenvalue weighted by Gasteiger charge is -2.15. The zero-order chi connectivity index (χ0) is 23.8. The van der Waals surface area contributed by atoms with E-state index in [9.17, 15) is 18.0 Å². The maximum atomic E-state index is 13.6. The molecule has 176 valence electrons. The first-order valence-corrected chi connectivity index (χ1v) is 11.2. The molecular weight excluding hydrogens is 455 g/mol. The summed E-state index contributed by atoms with van der Waals surface area (Å²) in [6.07, 6.45) is -1.61. The number of carboxylic acids is 1. The lowest BCUT2D eigenvalue weighted by molar-refractivity contribution is -0.139. The second-order valence-corrected chi connectivity index (χ2v) is 8.51. The Bertz CT molecular complexity index is 1060. The van der Waals surface area contributed by atoms with Gasteiger partial charge in [0.05, 0.1) is 24.6 Å². The van der Waals surface area contributed by atoms with E-state index < -0.39 is 23.8 Å². The molecular formula is C23H24F3N3O3S. The largest absolute Gasteiger partial charge is 0.493 e. The van der Waals surface area contributed by atoms with E-state index >= 15 is 0 Å². The Kier molecular flexibility index (Phi) is 8.40.